The fourth-order valence-corrected chi connectivity index (χ4v) is 8.05. The van der Waals surface area contributed by atoms with Crippen LogP contribution in [0.2, 0.25) is 0 Å². The van der Waals surface area contributed by atoms with E-state index < -0.39 is 0 Å². The number of rotatable bonds is 1. The zero-order valence-corrected chi connectivity index (χ0v) is 22.9. The Bertz CT molecular complexity index is 2220. The lowest BCUT2D eigenvalue weighted by molar-refractivity contribution is -0.659. The van der Waals surface area contributed by atoms with Crippen LogP contribution in [-0.4, -0.2) is 6.71 Å². The summed E-state index contributed by atoms with van der Waals surface area (Å²) in [6, 6.07) is 34.6. The lowest BCUT2D eigenvalue weighted by Crippen LogP contribution is -2.57. The molecule has 0 saturated carbocycles. The average molecular weight is 532 g/mol. The number of aromatic nitrogens is 1. The number of aryl methyl sites for hydroxylation is 2. The molecular formula is C35H23BNO2S+. The zero-order chi connectivity index (χ0) is 26.5. The molecule has 7 aromatic rings. The van der Waals surface area contributed by atoms with Crippen molar-refractivity contribution >= 4 is 65.4 Å². The minimum Gasteiger partial charge on any atom is -0.458 e. The minimum absolute atomic E-state index is 0.0706. The van der Waals surface area contributed by atoms with Crippen molar-refractivity contribution in [3.8, 4) is 34.3 Å². The van der Waals surface area contributed by atoms with Crippen molar-refractivity contribution < 1.29 is 14.0 Å². The van der Waals surface area contributed by atoms with E-state index in [2.05, 4.69) is 104 Å². The standard InChI is InChI=1S/C35H23BNO2S/c1-20-22-9-4-3-8-21(22)14-15-23(20)34-35-24(16-17-37(34)2)25-18-27-31(19-32(25)40-35)39-30-13-7-12-29-33(30)36(27)26-10-5-6-11-28(26)38-29/h3-19H,1-2H3/q+1. The van der Waals surface area contributed by atoms with Gasteiger partial charge in [0.15, 0.2) is 6.20 Å². The topological polar surface area (TPSA) is 22.3 Å². The summed E-state index contributed by atoms with van der Waals surface area (Å²) in [5.41, 5.74) is 7.33. The smallest absolute Gasteiger partial charge is 0.260 e. The van der Waals surface area contributed by atoms with Gasteiger partial charge in [0.2, 0.25) is 5.69 Å². The van der Waals surface area contributed by atoms with E-state index in [0.29, 0.717) is 0 Å². The zero-order valence-electron chi connectivity index (χ0n) is 22.1. The molecule has 2 aromatic heterocycles. The Morgan fingerprint density at radius 2 is 1.45 bits per heavy atom. The number of hydrogen-bond donors (Lipinski definition) is 0. The molecule has 0 atom stereocenters. The summed E-state index contributed by atoms with van der Waals surface area (Å²) in [5, 5.41) is 5.12. The Kier molecular flexibility index (Phi) is 4.43. The van der Waals surface area contributed by atoms with Gasteiger partial charge in [-0.2, -0.15) is 4.57 Å². The van der Waals surface area contributed by atoms with E-state index in [1.807, 2.05) is 29.5 Å². The first kappa shape index (κ1) is 22.2. The molecule has 0 bridgehead atoms. The van der Waals surface area contributed by atoms with Crippen molar-refractivity contribution in [2.75, 3.05) is 0 Å². The van der Waals surface area contributed by atoms with Gasteiger partial charge in [0.25, 0.3) is 6.71 Å². The number of benzene rings is 5. The summed E-state index contributed by atoms with van der Waals surface area (Å²) in [6.07, 6.45) is 2.20. The van der Waals surface area contributed by atoms with E-state index in [1.54, 1.807) is 0 Å². The molecule has 0 aliphatic carbocycles. The average Bonchev–Trinajstić information content (AvgIpc) is 3.34. The van der Waals surface area contributed by atoms with Gasteiger partial charge in [-0.05, 0) is 64.5 Å². The van der Waals surface area contributed by atoms with Gasteiger partial charge in [0, 0.05) is 27.0 Å². The molecule has 0 unspecified atom stereocenters. The summed E-state index contributed by atoms with van der Waals surface area (Å²) in [7, 11) is 2.15. The second-order valence-electron chi connectivity index (χ2n) is 10.8. The second kappa shape index (κ2) is 7.97. The van der Waals surface area contributed by atoms with E-state index in [4.69, 9.17) is 9.47 Å². The van der Waals surface area contributed by atoms with E-state index in [0.717, 1.165) is 28.5 Å². The number of hydrogen-bond acceptors (Lipinski definition) is 3. The fraction of sp³-hybridized carbons (Fsp3) is 0.0571. The van der Waals surface area contributed by atoms with Gasteiger partial charge in [-0.15, -0.1) is 11.3 Å². The summed E-state index contributed by atoms with van der Waals surface area (Å²) < 4.78 is 17.7. The largest absolute Gasteiger partial charge is 0.458 e. The molecule has 0 N–H and O–H groups in total. The first-order chi connectivity index (χ1) is 19.7. The molecule has 0 radical (unpaired) electrons. The van der Waals surface area contributed by atoms with Crippen molar-refractivity contribution in [1.82, 2.24) is 0 Å². The van der Waals surface area contributed by atoms with E-state index in [9.17, 15) is 0 Å². The monoisotopic (exact) mass is 532 g/mol. The molecule has 0 saturated heterocycles. The van der Waals surface area contributed by atoms with Crippen LogP contribution < -0.4 is 30.4 Å². The molecule has 3 nitrogen and oxygen atoms in total. The van der Waals surface area contributed by atoms with Crippen molar-refractivity contribution in [2.45, 2.75) is 6.92 Å². The van der Waals surface area contributed by atoms with E-state index in [-0.39, 0.29) is 6.71 Å². The molecule has 188 valence electrons. The first-order valence-electron chi connectivity index (χ1n) is 13.6. The summed E-state index contributed by atoms with van der Waals surface area (Å²) in [5.74, 6) is 3.60. The van der Waals surface area contributed by atoms with E-state index in [1.165, 1.54) is 58.7 Å². The van der Waals surface area contributed by atoms with Gasteiger partial charge in [-0.1, -0.05) is 60.7 Å². The number of pyridine rings is 1. The summed E-state index contributed by atoms with van der Waals surface area (Å²) >= 11 is 1.85. The first-order valence-corrected chi connectivity index (χ1v) is 14.4. The van der Waals surface area contributed by atoms with Crippen LogP contribution in [0.25, 0.3) is 42.2 Å². The van der Waals surface area contributed by atoms with Crippen LogP contribution in [0.15, 0.2) is 103 Å². The van der Waals surface area contributed by atoms with Gasteiger partial charge in [-0.3, -0.25) is 0 Å². The Morgan fingerprint density at radius 3 is 2.35 bits per heavy atom. The van der Waals surface area contributed by atoms with Crippen LogP contribution in [0, 0.1) is 6.92 Å². The molecule has 0 spiro atoms. The van der Waals surface area contributed by atoms with Crippen LogP contribution in [0.3, 0.4) is 0 Å². The number of thiophene rings is 1. The fourth-order valence-electron chi connectivity index (χ4n) is 6.75. The molecule has 40 heavy (non-hydrogen) atoms. The van der Waals surface area contributed by atoms with Gasteiger partial charge in [0.05, 0.1) is 5.56 Å². The summed E-state index contributed by atoms with van der Waals surface area (Å²) in [4.78, 5) is 0. The summed E-state index contributed by atoms with van der Waals surface area (Å²) in [6.45, 7) is 2.31. The molecule has 0 fully saturated rings. The lowest BCUT2D eigenvalue weighted by atomic mass is 9.35. The Morgan fingerprint density at radius 1 is 0.675 bits per heavy atom. The van der Waals surface area contributed by atoms with Crippen molar-refractivity contribution in [2.24, 2.45) is 7.05 Å². The molecular weight excluding hydrogens is 509 g/mol. The molecule has 0 amide bonds. The van der Waals surface area contributed by atoms with Crippen LogP contribution in [0.4, 0.5) is 0 Å². The minimum atomic E-state index is 0.0706. The number of fused-ring (bicyclic) bond motifs is 8. The molecule has 5 heteroatoms. The number of para-hydroxylation sites is 1. The maximum Gasteiger partial charge on any atom is 0.260 e. The van der Waals surface area contributed by atoms with Crippen LogP contribution in [-0.2, 0) is 7.05 Å². The molecule has 5 aromatic carbocycles. The maximum absolute atomic E-state index is 6.57. The van der Waals surface area contributed by atoms with Gasteiger partial charge in [0.1, 0.15) is 34.7 Å². The highest BCUT2D eigenvalue weighted by Crippen LogP contribution is 2.42. The van der Waals surface area contributed by atoms with Crippen molar-refractivity contribution in [3.05, 3.63) is 109 Å². The predicted octanol–water partition coefficient (Wildman–Crippen LogP) is 6.74. The van der Waals surface area contributed by atoms with Crippen molar-refractivity contribution in [3.63, 3.8) is 0 Å². The normalized spacial score (nSPS) is 13.1. The molecule has 4 heterocycles. The Labute approximate surface area is 235 Å². The van der Waals surface area contributed by atoms with Gasteiger partial charge >= 0.3 is 0 Å². The highest BCUT2D eigenvalue weighted by atomic mass is 32.1. The number of ether oxygens (including phenoxy) is 2. The van der Waals surface area contributed by atoms with Crippen LogP contribution in [0.5, 0.6) is 23.0 Å². The SMILES string of the molecule is Cc1c(-c2c3sc4cc5c(cc4c3cc[n+]2C)B2c3ccccc3Oc3cccc(c32)O5)ccc2ccccc12. The van der Waals surface area contributed by atoms with Gasteiger partial charge in [-0.25, -0.2) is 0 Å². The highest BCUT2D eigenvalue weighted by molar-refractivity contribution is 7.26. The molecule has 2 aliphatic heterocycles. The third-order valence-electron chi connectivity index (χ3n) is 8.64. The van der Waals surface area contributed by atoms with Crippen LogP contribution >= 0.6 is 11.3 Å². The maximum atomic E-state index is 6.57. The second-order valence-corrected chi connectivity index (χ2v) is 11.9. The third-order valence-corrected chi connectivity index (χ3v) is 9.82. The van der Waals surface area contributed by atoms with Crippen LogP contribution in [0.1, 0.15) is 5.56 Å². The van der Waals surface area contributed by atoms with E-state index >= 15 is 0 Å². The number of nitrogens with zero attached hydrogens (tertiary/aromatic N) is 1. The quantitative estimate of drug-likeness (QED) is 0.173. The Balaban J connectivity index is 1.32. The van der Waals surface area contributed by atoms with Crippen molar-refractivity contribution in [1.29, 1.82) is 0 Å². The molecule has 9 rings (SSSR count). The molecule has 2 aliphatic rings. The Hall–Kier alpha value is -4.61. The lowest BCUT2D eigenvalue weighted by Gasteiger charge is -2.32. The third kappa shape index (κ3) is 2.93. The predicted molar refractivity (Wildman–Crippen MR) is 166 cm³/mol. The highest BCUT2D eigenvalue weighted by Gasteiger charge is 2.40. The van der Waals surface area contributed by atoms with Gasteiger partial charge < -0.3 is 9.47 Å².